The first-order valence-electron chi connectivity index (χ1n) is 9.37. The number of rotatable bonds is 7. The van der Waals surface area contributed by atoms with Gasteiger partial charge < -0.3 is 14.5 Å². The molecule has 0 bridgehead atoms. The van der Waals surface area contributed by atoms with Crippen molar-refractivity contribution in [2.75, 3.05) is 17.7 Å². The van der Waals surface area contributed by atoms with Crippen molar-refractivity contribution in [1.29, 1.82) is 0 Å². The van der Waals surface area contributed by atoms with Crippen molar-refractivity contribution in [3.05, 3.63) is 48.2 Å². The first-order chi connectivity index (χ1) is 14.1. The molecule has 0 spiro atoms. The van der Waals surface area contributed by atoms with Crippen LogP contribution in [0.15, 0.2) is 46.2 Å². The molecule has 1 aromatic carbocycles. The molecule has 29 heavy (non-hydrogen) atoms. The Morgan fingerprint density at radius 2 is 2.28 bits per heavy atom. The van der Waals surface area contributed by atoms with Crippen molar-refractivity contribution in [1.82, 2.24) is 14.8 Å². The summed E-state index contributed by atoms with van der Waals surface area (Å²) in [5.74, 6) is 0.941. The Morgan fingerprint density at radius 3 is 3.00 bits per heavy atom. The zero-order chi connectivity index (χ0) is 20.2. The van der Waals surface area contributed by atoms with E-state index < -0.39 is 5.82 Å². The summed E-state index contributed by atoms with van der Waals surface area (Å²) < 4.78 is 26.5. The molecule has 1 saturated heterocycles. The molecule has 0 saturated carbocycles. The fraction of sp³-hybridized carbons (Fsp3) is 0.350. The Hall–Kier alpha value is -2.65. The number of nitrogens with one attached hydrogen (secondary N) is 1. The van der Waals surface area contributed by atoms with Crippen LogP contribution < -0.4 is 5.32 Å². The van der Waals surface area contributed by atoms with Gasteiger partial charge in [0.2, 0.25) is 5.91 Å². The number of thioether (sulfide) groups is 1. The van der Waals surface area contributed by atoms with Gasteiger partial charge in [0.05, 0.1) is 30.2 Å². The number of ether oxygens (including phenoxy) is 1. The highest BCUT2D eigenvalue weighted by molar-refractivity contribution is 7.99. The zero-order valence-electron chi connectivity index (χ0n) is 15.9. The molecule has 1 amide bonds. The van der Waals surface area contributed by atoms with Gasteiger partial charge in [-0.25, -0.2) is 4.39 Å². The maximum atomic E-state index is 13.3. The lowest BCUT2D eigenvalue weighted by Crippen LogP contribution is -2.18. The lowest BCUT2D eigenvalue weighted by atomic mass is 10.2. The number of halogens is 1. The van der Waals surface area contributed by atoms with E-state index >= 15 is 0 Å². The van der Waals surface area contributed by atoms with Crippen LogP contribution in [0.2, 0.25) is 0 Å². The van der Waals surface area contributed by atoms with Gasteiger partial charge in [0.1, 0.15) is 11.6 Å². The molecule has 0 aliphatic carbocycles. The third-order valence-corrected chi connectivity index (χ3v) is 5.63. The van der Waals surface area contributed by atoms with E-state index in [1.807, 2.05) is 17.6 Å². The number of amides is 1. The summed E-state index contributed by atoms with van der Waals surface area (Å²) in [6.07, 6.45) is 3.73. The summed E-state index contributed by atoms with van der Waals surface area (Å²) in [6.45, 7) is 3.24. The Labute approximate surface area is 171 Å². The Morgan fingerprint density at radius 1 is 1.38 bits per heavy atom. The molecule has 1 N–H and O–H groups in total. The SMILES string of the molecule is Cc1occc1-c1nnc(SCC(=O)Nc2cccc(F)c2)n1C[C@@H]1CCCO1. The van der Waals surface area contributed by atoms with Gasteiger partial charge in [-0.15, -0.1) is 10.2 Å². The second-order valence-electron chi connectivity index (χ2n) is 6.79. The first-order valence-corrected chi connectivity index (χ1v) is 10.4. The van der Waals surface area contributed by atoms with Gasteiger partial charge in [-0.3, -0.25) is 9.36 Å². The molecule has 1 aliphatic rings. The smallest absolute Gasteiger partial charge is 0.234 e. The summed E-state index contributed by atoms with van der Waals surface area (Å²) in [5, 5.41) is 11.9. The number of aromatic nitrogens is 3. The van der Waals surface area contributed by atoms with Crippen LogP contribution in [0.5, 0.6) is 0 Å². The maximum Gasteiger partial charge on any atom is 0.234 e. The third-order valence-electron chi connectivity index (χ3n) is 4.67. The fourth-order valence-electron chi connectivity index (χ4n) is 3.26. The van der Waals surface area contributed by atoms with Crippen LogP contribution in [0.3, 0.4) is 0 Å². The number of hydrogen-bond acceptors (Lipinski definition) is 6. The zero-order valence-corrected chi connectivity index (χ0v) is 16.7. The molecule has 1 fully saturated rings. The van der Waals surface area contributed by atoms with Gasteiger partial charge in [-0.1, -0.05) is 17.8 Å². The van der Waals surface area contributed by atoms with Crippen LogP contribution in [0, 0.1) is 12.7 Å². The molecule has 1 atom stereocenters. The lowest BCUT2D eigenvalue weighted by molar-refractivity contribution is -0.113. The van der Waals surface area contributed by atoms with Crippen molar-refractivity contribution in [2.45, 2.75) is 37.6 Å². The van der Waals surface area contributed by atoms with E-state index in [0.29, 0.717) is 23.2 Å². The lowest BCUT2D eigenvalue weighted by Gasteiger charge is -2.14. The van der Waals surface area contributed by atoms with Crippen molar-refractivity contribution < 1.29 is 18.3 Å². The third kappa shape index (κ3) is 4.68. The van der Waals surface area contributed by atoms with Crippen LogP contribution in [0.25, 0.3) is 11.4 Å². The number of carbonyl (C=O) groups excluding carboxylic acids is 1. The largest absolute Gasteiger partial charge is 0.469 e. The average Bonchev–Trinajstić information content (AvgIpc) is 3.42. The second kappa shape index (κ2) is 8.79. The van der Waals surface area contributed by atoms with Gasteiger partial charge in [-0.2, -0.15) is 0 Å². The predicted molar refractivity (Wildman–Crippen MR) is 107 cm³/mol. The minimum atomic E-state index is -0.396. The molecular formula is C20H21FN4O3S. The van der Waals surface area contributed by atoms with Crippen molar-refractivity contribution in [3.63, 3.8) is 0 Å². The van der Waals surface area contributed by atoms with Crippen molar-refractivity contribution in [3.8, 4) is 11.4 Å². The minimum absolute atomic E-state index is 0.0948. The average molecular weight is 416 g/mol. The number of aryl methyl sites for hydroxylation is 1. The predicted octanol–water partition coefficient (Wildman–Crippen LogP) is 3.90. The Kier molecular flexibility index (Phi) is 5.96. The fourth-order valence-corrected chi connectivity index (χ4v) is 4.01. The van der Waals surface area contributed by atoms with Crippen molar-refractivity contribution in [2.24, 2.45) is 0 Å². The van der Waals surface area contributed by atoms with Crippen molar-refractivity contribution >= 4 is 23.4 Å². The van der Waals surface area contributed by atoms with E-state index in [9.17, 15) is 9.18 Å². The summed E-state index contributed by atoms with van der Waals surface area (Å²) in [5.41, 5.74) is 1.29. The van der Waals surface area contributed by atoms with Crippen LogP contribution in [0.1, 0.15) is 18.6 Å². The Balaban J connectivity index is 1.49. The van der Waals surface area contributed by atoms with Gasteiger partial charge >= 0.3 is 0 Å². The highest BCUT2D eigenvalue weighted by Gasteiger charge is 2.23. The van der Waals surface area contributed by atoms with Crippen LogP contribution in [-0.4, -0.2) is 39.1 Å². The molecule has 1 aliphatic heterocycles. The molecule has 152 valence electrons. The normalized spacial score (nSPS) is 16.3. The van der Waals surface area contributed by atoms with Gasteiger partial charge in [0, 0.05) is 12.3 Å². The molecule has 9 heteroatoms. The van der Waals surface area contributed by atoms with E-state index in [0.717, 1.165) is 30.8 Å². The number of furan rings is 1. The highest BCUT2D eigenvalue weighted by Crippen LogP contribution is 2.29. The first kappa shape index (κ1) is 19.7. The maximum absolute atomic E-state index is 13.3. The number of carbonyl (C=O) groups is 1. The number of anilines is 1. The van der Waals surface area contributed by atoms with Gasteiger partial charge in [0.15, 0.2) is 11.0 Å². The second-order valence-corrected chi connectivity index (χ2v) is 7.73. The Bertz CT molecular complexity index is 997. The number of hydrogen-bond donors (Lipinski definition) is 1. The summed E-state index contributed by atoms with van der Waals surface area (Å²) >= 11 is 1.28. The van der Waals surface area contributed by atoms with Crippen LogP contribution in [-0.2, 0) is 16.1 Å². The standard InChI is InChI=1S/C20H21FN4O3S/c1-13-17(7-9-27-13)19-23-24-20(25(19)11-16-6-3-8-28-16)29-12-18(26)22-15-5-2-4-14(21)10-15/h2,4-5,7,9-10,16H,3,6,8,11-12H2,1H3,(H,22,26)/t16-/m0/s1. The van der Waals surface area contributed by atoms with Crippen LogP contribution in [0.4, 0.5) is 10.1 Å². The monoisotopic (exact) mass is 416 g/mol. The molecule has 7 nitrogen and oxygen atoms in total. The number of nitrogens with zero attached hydrogens (tertiary/aromatic N) is 3. The molecular weight excluding hydrogens is 395 g/mol. The molecule has 0 unspecified atom stereocenters. The van der Waals surface area contributed by atoms with E-state index in [-0.39, 0.29) is 17.8 Å². The molecule has 2 aromatic heterocycles. The molecule has 4 rings (SSSR count). The molecule has 0 radical (unpaired) electrons. The summed E-state index contributed by atoms with van der Waals surface area (Å²) in [7, 11) is 0. The van der Waals surface area contributed by atoms with Gasteiger partial charge in [-0.05, 0) is 44.0 Å². The summed E-state index contributed by atoms with van der Waals surface area (Å²) in [6, 6.07) is 7.66. The van der Waals surface area contributed by atoms with E-state index in [1.54, 1.807) is 18.4 Å². The van der Waals surface area contributed by atoms with Crippen LogP contribution >= 0.6 is 11.8 Å². The minimum Gasteiger partial charge on any atom is -0.469 e. The highest BCUT2D eigenvalue weighted by atomic mass is 32.2. The van der Waals surface area contributed by atoms with E-state index in [1.165, 1.54) is 23.9 Å². The quantitative estimate of drug-likeness (QED) is 0.589. The number of benzene rings is 1. The van der Waals surface area contributed by atoms with Gasteiger partial charge in [0.25, 0.3) is 0 Å². The van der Waals surface area contributed by atoms with E-state index in [2.05, 4.69) is 15.5 Å². The summed E-state index contributed by atoms with van der Waals surface area (Å²) in [4.78, 5) is 12.3. The molecule has 3 aromatic rings. The van der Waals surface area contributed by atoms with E-state index in [4.69, 9.17) is 9.15 Å². The molecule has 3 heterocycles. The topological polar surface area (TPSA) is 82.2 Å².